The highest BCUT2D eigenvalue weighted by molar-refractivity contribution is 6.60. The van der Waals surface area contributed by atoms with E-state index in [1.807, 2.05) is 0 Å². The Balaban J connectivity index is 2.17. The third-order valence-corrected chi connectivity index (χ3v) is 7.22. The number of rotatable bonds is 3. The van der Waals surface area contributed by atoms with Gasteiger partial charge in [-0.3, -0.25) is 0 Å². The Morgan fingerprint density at radius 2 is 2.06 bits per heavy atom. The molecule has 1 unspecified atom stereocenters. The molecule has 1 N–H and O–H groups in total. The molecule has 1 aromatic carbocycles. The average molecular weight is 232 g/mol. The lowest BCUT2D eigenvalue weighted by Gasteiger charge is -2.31. The van der Waals surface area contributed by atoms with Crippen molar-refractivity contribution in [2.45, 2.75) is 44.8 Å². The van der Waals surface area contributed by atoms with Crippen molar-refractivity contribution in [3.05, 3.63) is 29.3 Å². The monoisotopic (exact) mass is 232 g/mol. The first-order chi connectivity index (χ1) is 7.76. The van der Waals surface area contributed by atoms with Crippen LogP contribution in [-0.4, -0.2) is 15.3 Å². The van der Waals surface area contributed by atoms with Crippen LogP contribution in [0.15, 0.2) is 18.2 Å². The van der Waals surface area contributed by atoms with E-state index in [9.17, 15) is 0 Å². The molecule has 1 aliphatic rings. The predicted molar refractivity (Wildman–Crippen MR) is 73.8 cm³/mol. The largest absolute Gasteiger partial charge is 0.385 e. The van der Waals surface area contributed by atoms with Crippen molar-refractivity contribution in [1.82, 2.24) is 0 Å². The summed E-state index contributed by atoms with van der Waals surface area (Å²) in [6.07, 6.45) is 1.31. The Labute approximate surface area is 101 Å². The molecule has 16 heavy (non-hydrogen) atoms. The second-order valence-electron chi connectivity index (χ2n) is 4.76. The van der Waals surface area contributed by atoms with E-state index in [1.165, 1.54) is 36.3 Å². The van der Waals surface area contributed by atoms with Gasteiger partial charge in [-0.05, 0) is 30.0 Å². The van der Waals surface area contributed by atoms with E-state index in [0.29, 0.717) is 0 Å². The topological polar surface area (TPSA) is 12.0 Å². The van der Waals surface area contributed by atoms with Gasteiger partial charge in [-0.15, -0.1) is 0 Å². The maximum Gasteiger partial charge on any atom is 0.0530 e. The van der Waals surface area contributed by atoms with E-state index < -0.39 is 0 Å². The fourth-order valence-corrected chi connectivity index (χ4v) is 5.38. The number of para-hydroxylation sites is 1. The lowest BCUT2D eigenvalue weighted by Crippen LogP contribution is -2.30. The summed E-state index contributed by atoms with van der Waals surface area (Å²) in [6, 6.07) is 9.52. The van der Waals surface area contributed by atoms with Crippen LogP contribution in [0, 0.1) is 6.92 Å². The van der Waals surface area contributed by atoms with Crippen LogP contribution in [0.4, 0.5) is 5.69 Å². The molecule has 2 rings (SSSR count). The second kappa shape index (κ2) is 5.04. The summed E-state index contributed by atoms with van der Waals surface area (Å²) < 4.78 is 0. The standard InChI is InChI=1S/C14H22NSi/c1-4-16(5-2)13-9-12-8-6-7-11(3)14(12)15-10-13/h6-8,13,15H,4-5,9-10H2,1-3H3. The number of aryl methyl sites for hydroxylation is 1. The molecule has 1 aliphatic heterocycles. The van der Waals surface area contributed by atoms with Gasteiger partial charge in [-0.1, -0.05) is 44.1 Å². The molecule has 0 aromatic heterocycles. The zero-order valence-corrected chi connectivity index (χ0v) is 11.6. The molecular weight excluding hydrogens is 210 g/mol. The van der Waals surface area contributed by atoms with E-state index in [4.69, 9.17) is 0 Å². The molecule has 0 amide bonds. The number of hydrogen-bond acceptors (Lipinski definition) is 1. The normalized spacial score (nSPS) is 19.4. The minimum atomic E-state index is -0.141. The van der Waals surface area contributed by atoms with Gasteiger partial charge in [0, 0.05) is 12.2 Å². The van der Waals surface area contributed by atoms with Gasteiger partial charge in [-0.25, -0.2) is 0 Å². The zero-order chi connectivity index (χ0) is 11.5. The third-order valence-electron chi connectivity index (χ3n) is 3.84. The maximum atomic E-state index is 3.66. The second-order valence-corrected chi connectivity index (χ2v) is 8.30. The van der Waals surface area contributed by atoms with Crippen molar-refractivity contribution in [1.29, 1.82) is 0 Å². The van der Waals surface area contributed by atoms with Crippen molar-refractivity contribution in [3.63, 3.8) is 0 Å². The van der Waals surface area contributed by atoms with Crippen LogP contribution < -0.4 is 5.32 Å². The maximum absolute atomic E-state index is 3.66. The van der Waals surface area contributed by atoms with Gasteiger partial charge in [0.15, 0.2) is 0 Å². The first-order valence-electron chi connectivity index (χ1n) is 6.43. The molecule has 0 aliphatic carbocycles. The summed E-state index contributed by atoms with van der Waals surface area (Å²) in [5, 5.41) is 3.66. The summed E-state index contributed by atoms with van der Waals surface area (Å²) >= 11 is 0. The van der Waals surface area contributed by atoms with E-state index in [2.05, 4.69) is 44.3 Å². The molecule has 1 heterocycles. The van der Waals surface area contributed by atoms with E-state index >= 15 is 0 Å². The molecule has 87 valence electrons. The van der Waals surface area contributed by atoms with Crippen LogP contribution in [-0.2, 0) is 6.42 Å². The van der Waals surface area contributed by atoms with Gasteiger partial charge in [0.1, 0.15) is 0 Å². The minimum absolute atomic E-state index is 0.141. The summed E-state index contributed by atoms with van der Waals surface area (Å²) in [7, 11) is -0.141. The lowest BCUT2D eigenvalue weighted by atomic mass is 10.00. The summed E-state index contributed by atoms with van der Waals surface area (Å²) in [4.78, 5) is 0. The van der Waals surface area contributed by atoms with Gasteiger partial charge >= 0.3 is 0 Å². The molecule has 1 nitrogen and oxygen atoms in total. The smallest absolute Gasteiger partial charge is 0.0530 e. The van der Waals surface area contributed by atoms with Gasteiger partial charge in [0.2, 0.25) is 0 Å². The molecule has 1 atom stereocenters. The summed E-state index contributed by atoms with van der Waals surface area (Å²) in [6.45, 7) is 8.14. The number of anilines is 1. The zero-order valence-electron chi connectivity index (χ0n) is 10.6. The number of fused-ring (bicyclic) bond motifs is 1. The molecule has 1 aromatic rings. The van der Waals surface area contributed by atoms with Gasteiger partial charge < -0.3 is 5.32 Å². The van der Waals surface area contributed by atoms with Crippen molar-refractivity contribution >= 4 is 14.5 Å². The SMILES string of the molecule is CC[Si](CC)C1CNc2c(C)cccc2C1. The van der Waals surface area contributed by atoms with Crippen molar-refractivity contribution in [2.24, 2.45) is 0 Å². The molecule has 0 saturated heterocycles. The molecular formula is C14H22NSi. The lowest BCUT2D eigenvalue weighted by molar-refractivity contribution is 0.794. The summed E-state index contributed by atoms with van der Waals surface area (Å²) in [5.41, 5.74) is 5.28. The first-order valence-corrected chi connectivity index (χ1v) is 8.42. The fourth-order valence-electron chi connectivity index (χ4n) is 2.83. The quantitative estimate of drug-likeness (QED) is 0.780. The molecule has 1 radical (unpaired) electrons. The molecule has 0 spiro atoms. The predicted octanol–water partition coefficient (Wildman–Crippen LogP) is 3.87. The van der Waals surface area contributed by atoms with E-state index in [1.54, 1.807) is 5.56 Å². The summed E-state index contributed by atoms with van der Waals surface area (Å²) in [5.74, 6) is 0. The van der Waals surface area contributed by atoms with Crippen molar-refractivity contribution in [2.75, 3.05) is 11.9 Å². The Morgan fingerprint density at radius 3 is 2.75 bits per heavy atom. The molecule has 0 bridgehead atoms. The van der Waals surface area contributed by atoms with E-state index in [0.717, 1.165) is 5.54 Å². The Morgan fingerprint density at radius 1 is 1.31 bits per heavy atom. The van der Waals surface area contributed by atoms with Crippen molar-refractivity contribution in [3.8, 4) is 0 Å². The molecule has 2 heteroatoms. The molecule has 0 saturated carbocycles. The highest BCUT2D eigenvalue weighted by Crippen LogP contribution is 2.33. The fraction of sp³-hybridized carbons (Fsp3) is 0.571. The van der Waals surface area contributed by atoms with E-state index in [-0.39, 0.29) is 8.80 Å². The van der Waals surface area contributed by atoms with Crippen LogP contribution in [0.3, 0.4) is 0 Å². The first kappa shape index (κ1) is 11.7. The number of benzene rings is 1. The average Bonchev–Trinajstić information content (AvgIpc) is 2.31. The van der Waals surface area contributed by atoms with Gasteiger partial charge in [0.05, 0.1) is 8.80 Å². The third kappa shape index (κ3) is 2.17. The van der Waals surface area contributed by atoms with Gasteiger partial charge in [0.25, 0.3) is 0 Å². The van der Waals surface area contributed by atoms with Gasteiger partial charge in [-0.2, -0.15) is 0 Å². The van der Waals surface area contributed by atoms with Crippen LogP contribution in [0.2, 0.25) is 17.6 Å². The number of nitrogens with one attached hydrogen (secondary N) is 1. The van der Waals surface area contributed by atoms with Crippen LogP contribution in [0.25, 0.3) is 0 Å². The number of hydrogen-bond donors (Lipinski definition) is 1. The highest BCUT2D eigenvalue weighted by atomic mass is 28.3. The van der Waals surface area contributed by atoms with Crippen molar-refractivity contribution < 1.29 is 0 Å². The van der Waals surface area contributed by atoms with Crippen LogP contribution in [0.5, 0.6) is 0 Å². The minimum Gasteiger partial charge on any atom is -0.385 e. The Kier molecular flexibility index (Phi) is 3.69. The molecule has 0 fully saturated rings. The van der Waals surface area contributed by atoms with Crippen LogP contribution >= 0.6 is 0 Å². The Bertz CT molecular complexity index is 358. The Hall–Kier alpha value is -0.763. The highest BCUT2D eigenvalue weighted by Gasteiger charge is 2.25. The van der Waals surface area contributed by atoms with Crippen LogP contribution in [0.1, 0.15) is 25.0 Å².